The van der Waals surface area contributed by atoms with Crippen LogP contribution in [0.4, 0.5) is 11.6 Å². The lowest BCUT2D eigenvalue weighted by atomic mass is 10.2. The minimum absolute atomic E-state index is 0.0282. The van der Waals surface area contributed by atoms with Gasteiger partial charge in [-0.15, -0.1) is 0 Å². The summed E-state index contributed by atoms with van der Waals surface area (Å²) in [6, 6.07) is 8.28. The fourth-order valence-corrected chi connectivity index (χ4v) is 4.05. The second-order valence-corrected chi connectivity index (χ2v) is 9.82. The van der Waals surface area contributed by atoms with Crippen molar-refractivity contribution in [2.75, 3.05) is 51.7 Å². The van der Waals surface area contributed by atoms with Crippen LogP contribution in [0.15, 0.2) is 35.2 Å². The Labute approximate surface area is 187 Å². The molecule has 0 spiro atoms. The van der Waals surface area contributed by atoms with Gasteiger partial charge in [0, 0.05) is 6.54 Å². The van der Waals surface area contributed by atoms with Crippen LogP contribution in [0.2, 0.25) is 5.15 Å². The van der Waals surface area contributed by atoms with E-state index in [4.69, 9.17) is 23.1 Å². The molecular weight excluding hydrogens is 442 g/mol. The summed E-state index contributed by atoms with van der Waals surface area (Å²) in [4.78, 5) is 20.2. The maximum Gasteiger partial charge on any atom is 0.273 e. The summed E-state index contributed by atoms with van der Waals surface area (Å²) in [5.74, 6) is -0.576. The Kier molecular flexibility index (Phi) is 8.57. The molecule has 0 atom stereocenters. The molecule has 2 aromatic rings. The fraction of sp³-hybridized carbons (Fsp3) is 0.421. The number of benzene rings is 1. The normalized spacial score (nSPS) is 12.0. The number of nitrogens with two attached hydrogens (primary N) is 2. The van der Waals surface area contributed by atoms with E-state index in [0.29, 0.717) is 30.5 Å². The Morgan fingerprint density at radius 1 is 1.03 bits per heavy atom. The number of anilines is 2. The molecule has 12 heteroatoms. The van der Waals surface area contributed by atoms with Gasteiger partial charge in [-0.2, -0.15) is 0 Å². The first-order chi connectivity index (χ1) is 14.5. The molecule has 10 nitrogen and oxygen atoms in total. The van der Waals surface area contributed by atoms with Crippen LogP contribution in [0.3, 0.4) is 0 Å². The number of quaternary nitrogens is 1. The zero-order valence-electron chi connectivity index (χ0n) is 17.6. The molecule has 0 radical (unpaired) electrons. The molecule has 1 amide bonds. The molecule has 170 valence electrons. The van der Waals surface area contributed by atoms with Gasteiger partial charge in [0.25, 0.3) is 5.91 Å². The van der Waals surface area contributed by atoms with Crippen molar-refractivity contribution in [2.24, 2.45) is 0 Å². The van der Waals surface area contributed by atoms with Crippen molar-refractivity contribution in [3.63, 3.8) is 0 Å². The van der Waals surface area contributed by atoms with E-state index in [2.05, 4.69) is 20.0 Å². The number of carbonyl (C=O) groups is 1. The van der Waals surface area contributed by atoms with Gasteiger partial charge in [-0.1, -0.05) is 29.8 Å². The Hall–Kier alpha value is -2.47. The summed E-state index contributed by atoms with van der Waals surface area (Å²) in [7, 11) is 0.596. The van der Waals surface area contributed by atoms with E-state index in [-0.39, 0.29) is 27.4 Å². The van der Waals surface area contributed by atoms with Gasteiger partial charge in [0.15, 0.2) is 22.5 Å². The molecule has 0 unspecified atom stereocenters. The highest BCUT2D eigenvalue weighted by atomic mass is 35.5. The highest BCUT2D eigenvalue weighted by molar-refractivity contribution is 7.89. The van der Waals surface area contributed by atoms with Gasteiger partial charge in [0.2, 0.25) is 10.0 Å². The van der Waals surface area contributed by atoms with Crippen molar-refractivity contribution >= 4 is 39.2 Å². The van der Waals surface area contributed by atoms with E-state index in [1.54, 1.807) is 30.3 Å². The molecule has 0 saturated carbocycles. The van der Waals surface area contributed by atoms with Gasteiger partial charge in [-0.25, -0.2) is 23.1 Å². The highest BCUT2D eigenvalue weighted by Gasteiger charge is 2.19. The molecule has 2 rings (SSSR count). The van der Waals surface area contributed by atoms with Crippen LogP contribution in [0, 0.1) is 0 Å². The number of rotatable bonds is 11. The minimum Gasteiger partial charge on any atom is -0.382 e. The number of halogens is 1. The van der Waals surface area contributed by atoms with E-state index in [1.807, 2.05) is 14.1 Å². The van der Waals surface area contributed by atoms with E-state index < -0.39 is 15.9 Å². The van der Waals surface area contributed by atoms with Crippen molar-refractivity contribution in [3.05, 3.63) is 41.2 Å². The minimum atomic E-state index is -3.48. The maximum atomic E-state index is 12.3. The number of likely N-dealkylation sites (N-methyl/N-ethyl adjacent to an activating group) is 1. The van der Waals surface area contributed by atoms with Crippen molar-refractivity contribution < 1.29 is 17.7 Å². The molecule has 0 saturated heterocycles. The lowest BCUT2D eigenvalue weighted by Crippen LogP contribution is -2.46. The number of aromatic nitrogens is 2. The van der Waals surface area contributed by atoms with E-state index in [0.717, 1.165) is 13.0 Å². The van der Waals surface area contributed by atoms with E-state index >= 15 is 0 Å². The molecule has 0 fully saturated rings. The summed E-state index contributed by atoms with van der Waals surface area (Å²) < 4.78 is 27.6. The molecule has 1 aromatic carbocycles. The summed E-state index contributed by atoms with van der Waals surface area (Å²) in [6.45, 7) is 2.25. The lowest BCUT2D eigenvalue weighted by Gasteiger charge is -2.30. The summed E-state index contributed by atoms with van der Waals surface area (Å²) in [5.41, 5.74) is 11.1. The molecule has 0 aliphatic heterocycles. The molecule has 0 bridgehead atoms. The van der Waals surface area contributed by atoms with Crippen LogP contribution in [0.1, 0.15) is 23.3 Å². The number of nitrogens with zero attached hydrogens (tertiary/aromatic N) is 3. The van der Waals surface area contributed by atoms with Gasteiger partial charge in [-0.05, 0) is 25.0 Å². The molecule has 0 aliphatic rings. The lowest BCUT2D eigenvalue weighted by molar-refractivity contribution is -0.889. The Bertz CT molecular complexity index is 1000. The zero-order valence-corrected chi connectivity index (χ0v) is 19.2. The van der Waals surface area contributed by atoms with Gasteiger partial charge in [0.05, 0.1) is 38.6 Å². The number of nitrogen functional groups attached to an aromatic ring is 2. The van der Waals surface area contributed by atoms with Crippen molar-refractivity contribution in [1.82, 2.24) is 20.0 Å². The molecule has 0 aliphatic carbocycles. The molecule has 1 aromatic heterocycles. The quantitative estimate of drug-likeness (QED) is 0.280. The predicted octanol–water partition coefficient (Wildman–Crippen LogP) is 0.859. The van der Waals surface area contributed by atoms with Crippen molar-refractivity contribution in [1.29, 1.82) is 0 Å². The Balaban J connectivity index is 1.71. The summed E-state index contributed by atoms with van der Waals surface area (Å²) in [6.07, 6.45) is 1.53. The maximum absolute atomic E-state index is 12.3. The first-order valence-electron chi connectivity index (χ1n) is 9.75. The summed E-state index contributed by atoms with van der Waals surface area (Å²) in [5, 5.41) is 2.68. The number of unbranched alkanes of at least 4 members (excludes halogenated alkanes) is 1. The van der Waals surface area contributed by atoms with Crippen LogP contribution in [0.25, 0.3) is 0 Å². The van der Waals surface area contributed by atoms with E-state index in [9.17, 15) is 13.2 Å². The van der Waals surface area contributed by atoms with Crippen LogP contribution < -0.4 is 21.5 Å². The smallest absolute Gasteiger partial charge is 0.273 e. The monoisotopic (exact) mass is 470 g/mol. The largest absolute Gasteiger partial charge is 0.382 e. The number of amides is 1. The standard InChI is InChI=1S/C19H28ClN7O3S/c1-27(2,12-7-6-10-24-31(29,30)14-8-4-3-5-9-14)13-11-23-19(28)15-17(21)26-18(22)16(20)25-15/h3-5,8-9,24H,6-7,10-13H2,1-2H3,(H4-,21,22,23,26,28)/p+1. The van der Waals surface area contributed by atoms with Crippen molar-refractivity contribution in [3.8, 4) is 0 Å². The van der Waals surface area contributed by atoms with Crippen LogP contribution in [0.5, 0.6) is 0 Å². The highest BCUT2D eigenvalue weighted by Crippen LogP contribution is 2.17. The van der Waals surface area contributed by atoms with Crippen LogP contribution in [-0.2, 0) is 10.0 Å². The van der Waals surface area contributed by atoms with Gasteiger partial charge in [-0.3, -0.25) is 4.79 Å². The predicted molar refractivity (Wildman–Crippen MR) is 121 cm³/mol. The van der Waals surface area contributed by atoms with Gasteiger partial charge in [0.1, 0.15) is 0 Å². The molecule has 1 heterocycles. The number of hydrogen-bond acceptors (Lipinski definition) is 7. The average Bonchev–Trinajstić information content (AvgIpc) is 2.70. The zero-order chi connectivity index (χ0) is 23.1. The molecular formula is C19H29ClN7O3S+. The first-order valence-corrected chi connectivity index (χ1v) is 11.6. The third-order valence-corrected chi connectivity index (χ3v) is 6.41. The number of sulfonamides is 1. The second kappa shape index (κ2) is 10.7. The SMILES string of the molecule is C[N+](C)(CCCCNS(=O)(=O)c1ccccc1)CCNC(=O)c1nc(Cl)c(N)nc1N. The molecule has 6 N–H and O–H groups in total. The second-order valence-electron chi connectivity index (χ2n) is 7.69. The fourth-order valence-electron chi connectivity index (χ4n) is 2.83. The van der Waals surface area contributed by atoms with Gasteiger partial charge < -0.3 is 21.3 Å². The number of carbonyl (C=O) groups excluding carboxylic acids is 1. The third-order valence-electron chi connectivity index (χ3n) is 4.66. The third kappa shape index (κ3) is 7.62. The number of nitrogens with one attached hydrogen (secondary N) is 2. The number of hydrogen-bond donors (Lipinski definition) is 4. The average molecular weight is 471 g/mol. The summed E-state index contributed by atoms with van der Waals surface area (Å²) >= 11 is 5.80. The van der Waals surface area contributed by atoms with Crippen molar-refractivity contribution in [2.45, 2.75) is 17.7 Å². The Morgan fingerprint density at radius 2 is 1.71 bits per heavy atom. The van der Waals surface area contributed by atoms with Crippen LogP contribution >= 0.6 is 11.6 Å². The van der Waals surface area contributed by atoms with Gasteiger partial charge >= 0.3 is 0 Å². The first kappa shape index (κ1) is 24.8. The molecule has 31 heavy (non-hydrogen) atoms. The topological polar surface area (TPSA) is 153 Å². The van der Waals surface area contributed by atoms with Crippen LogP contribution in [-0.4, -0.2) is 69.1 Å². The van der Waals surface area contributed by atoms with E-state index in [1.165, 1.54) is 0 Å². The Morgan fingerprint density at radius 3 is 2.39 bits per heavy atom.